The van der Waals surface area contributed by atoms with Crippen molar-refractivity contribution in [3.63, 3.8) is 0 Å². The quantitative estimate of drug-likeness (QED) is 0.628. The Morgan fingerprint density at radius 3 is 2.50 bits per heavy atom. The van der Waals surface area contributed by atoms with Crippen LogP contribution in [0.3, 0.4) is 0 Å². The predicted octanol–water partition coefficient (Wildman–Crippen LogP) is 4.53. The number of aromatic nitrogens is 1. The lowest BCUT2D eigenvalue weighted by atomic mass is 10.2. The SMILES string of the molecule is Cc1cccc(NC(=O)c2cc(N)cc(Nc3cccc(F)c3)n2)c1.Cl. The summed E-state index contributed by atoms with van der Waals surface area (Å²) >= 11 is 0. The van der Waals surface area contributed by atoms with Gasteiger partial charge in [0.1, 0.15) is 17.3 Å². The number of benzene rings is 2. The van der Waals surface area contributed by atoms with Gasteiger partial charge in [0.15, 0.2) is 0 Å². The van der Waals surface area contributed by atoms with Crippen LogP contribution in [0.5, 0.6) is 0 Å². The van der Waals surface area contributed by atoms with Gasteiger partial charge >= 0.3 is 0 Å². The highest BCUT2D eigenvalue weighted by atomic mass is 35.5. The molecule has 1 amide bonds. The smallest absolute Gasteiger partial charge is 0.274 e. The Hall–Kier alpha value is -3.12. The van der Waals surface area contributed by atoms with E-state index >= 15 is 0 Å². The molecule has 0 aliphatic carbocycles. The average molecular weight is 373 g/mol. The van der Waals surface area contributed by atoms with E-state index in [1.165, 1.54) is 18.2 Å². The Labute approximate surface area is 156 Å². The first-order valence-electron chi connectivity index (χ1n) is 7.68. The summed E-state index contributed by atoms with van der Waals surface area (Å²) in [6, 6.07) is 16.5. The molecule has 0 fully saturated rings. The van der Waals surface area contributed by atoms with Gasteiger partial charge in [0, 0.05) is 23.1 Å². The van der Waals surface area contributed by atoms with Crippen molar-refractivity contribution in [2.24, 2.45) is 0 Å². The van der Waals surface area contributed by atoms with Crippen LogP contribution < -0.4 is 16.4 Å². The highest BCUT2D eigenvalue weighted by Crippen LogP contribution is 2.19. The van der Waals surface area contributed by atoms with Crippen LogP contribution in [0, 0.1) is 12.7 Å². The van der Waals surface area contributed by atoms with Crippen LogP contribution in [0.25, 0.3) is 0 Å². The molecule has 1 aromatic heterocycles. The third-order valence-corrected chi connectivity index (χ3v) is 3.45. The first-order valence-corrected chi connectivity index (χ1v) is 7.68. The fourth-order valence-corrected chi connectivity index (χ4v) is 2.36. The monoisotopic (exact) mass is 372 g/mol. The molecule has 4 N–H and O–H groups in total. The van der Waals surface area contributed by atoms with Gasteiger partial charge in [0.05, 0.1) is 0 Å². The molecule has 134 valence electrons. The van der Waals surface area contributed by atoms with Crippen LogP contribution in [0.2, 0.25) is 0 Å². The maximum atomic E-state index is 13.3. The van der Waals surface area contributed by atoms with E-state index < -0.39 is 0 Å². The molecule has 2 aromatic carbocycles. The maximum Gasteiger partial charge on any atom is 0.274 e. The Bertz CT molecular complexity index is 933. The first kappa shape index (κ1) is 19.2. The molecule has 3 aromatic rings. The number of pyridine rings is 1. The summed E-state index contributed by atoms with van der Waals surface area (Å²) < 4.78 is 13.3. The van der Waals surface area contributed by atoms with E-state index in [0.717, 1.165) is 5.56 Å². The highest BCUT2D eigenvalue weighted by Gasteiger charge is 2.11. The van der Waals surface area contributed by atoms with Gasteiger partial charge in [-0.15, -0.1) is 12.4 Å². The maximum absolute atomic E-state index is 13.3. The second-order valence-electron chi connectivity index (χ2n) is 5.63. The third-order valence-electron chi connectivity index (χ3n) is 3.45. The number of nitrogens with zero attached hydrogens (tertiary/aromatic N) is 1. The van der Waals surface area contributed by atoms with Crippen molar-refractivity contribution in [3.05, 3.63) is 77.7 Å². The molecule has 0 aliphatic rings. The van der Waals surface area contributed by atoms with Crippen LogP contribution in [-0.2, 0) is 0 Å². The zero-order chi connectivity index (χ0) is 17.8. The third kappa shape index (κ3) is 4.94. The number of nitrogens with two attached hydrogens (primary N) is 1. The van der Waals surface area contributed by atoms with Crippen molar-refractivity contribution in [2.45, 2.75) is 6.92 Å². The number of hydrogen-bond acceptors (Lipinski definition) is 4. The molecule has 0 bridgehead atoms. The summed E-state index contributed by atoms with van der Waals surface area (Å²) in [6.45, 7) is 1.94. The molecule has 0 saturated heterocycles. The second kappa shape index (κ2) is 8.31. The molecular weight excluding hydrogens is 355 g/mol. The number of aryl methyl sites for hydroxylation is 1. The van der Waals surface area contributed by atoms with Gasteiger partial charge in [-0.05, 0) is 48.9 Å². The minimum absolute atomic E-state index is 0. The summed E-state index contributed by atoms with van der Waals surface area (Å²) in [5, 5.41) is 5.72. The van der Waals surface area contributed by atoms with Gasteiger partial charge in [-0.3, -0.25) is 4.79 Å². The molecule has 3 rings (SSSR count). The minimum atomic E-state index is -0.375. The zero-order valence-corrected chi connectivity index (χ0v) is 14.8. The topological polar surface area (TPSA) is 80.0 Å². The predicted molar refractivity (Wildman–Crippen MR) is 105 cm³/mol. The van der Waals surface area contributed by atoms with Crippen molar-refractivity contribution in [2.75, 3.05) is 16.4 Å². The lowest BCUT2D eigenvalue weighted by Crippen LogP contribution is -2.15. The summed E-state index contributed by atoms with van der Waals surface area (Å²) in [6.07, 6.45) is 0. The Morgan fingerprint density at radius 2 is 1.77 bits per heavy atom. The van der Waals surface area contributed by atoms with E-state index in [2.05, 4.69) is 15.6 Å². The number of carbonyl (C=O) groups excluding carboxylic acids is 1. The number of carbonyl (C=O) groups is 1. The number of amides is 1. The van der Waals surface area contributed by atoms with Crippen LogP contribution in [0.1, 0.15) is 16.1 Å². The Balaban J connectivity index is 0.00000243. The standard InChI is InChI=1S/C19H17FN4O.ClH/c1-12-4-2-6-15(8-12)23-19(25)17-10-14(21)11-18(24-17)22-16-7-3-5-13(20)9-16;/h2-11H,1H3,(H,23,25)(H3,21,22,24);1H. The molecule has 0 aliphatic heterocycles. The Morgan fingerprint density at radius 1 is 1.04 bits per heavy atom. The molecule has 5 nitrogen and oxygen atoms in total. The van der Waals surface area contributed by atoms with Crippen molar-refractivity contribution < 1.29 is 9.18 Å². The number of nitrogen functional groups attached to an aromatic ring is 1. The molecular formula is C19H18ClFN4O. The van der Waals surface area contributed by atoms with Crippen LogP contribution in [-0.4, -0.2) is 10.9 Å². The van der Waals surface area contributed by atoms with Crippen LogP contribution >= 0.6 is 12.4 Å². The second-order valence-corrected chi connectivity index (χ2v) is 5.63. The van der Waals surface area contributed by atoms with Crippen molar-refractivity contribution in [1.29, 1.82) is 0 Å². The molecule has 0 saturated carbocycles. The summed E-state index contributed by atoms with van der Waals surface area (Å²) in [7, 11) is 0. The van der Waals surface area contributed by atoms with E-state index in [1.807, 2.05) is 25.1 Å². The Kier molecular flexibility index (Phi) is 6.14. The van der Waals surface area contributed by atoms with Crippen molar-refractivity contribution in [3.8, 4) is 0 Å². The summed E-state index contributed by atoms with van der Waals surface area (Å²) in [5.41, 5.74) is 8.64. The first-order chi connectivity index (χ1) is 12.0. The van der Waals surface area contributed by atoms with Gasteiger partial charge in [0.25, 0.3) is 5.91 Å². The van der Waals surface area contributed by atoms with E-state index in [9.17, 15) is 9.18 Å². The van der Waals surface area contributed by atoms with E-state index in [-0.39, 0.29) is 29.8 Å². The fourth-order valence-electron chi connectivity index (χ4n) is 2.36. The highest BCUT2D eigenvalue weighted by molar-refractivity contribution is 6.03. The molecule has 0 unspecified atom stereocenters. The molecule has 0 atom stereocenters. The van der Waals surface area contributed by atoms with Crippen LogP contribution in [0.4, 0.5) is 27.3 Å². The lowest BCUT2D eigenvalue weighted by molar-refractivity contribution is 0.102. The normalized spacial score (nSPS) is 9.92. The van der Waals surface area contributed by atoms with Crippen molar-refractivity contribution in [1.82, 2.24) is 4.98 Å². The van der Waals surface area contributed by atoms with E-state index in [1.54, 1.807) is 24.3 Å². The largest absolute Gasteiger partial charge is 0.399 e. The molecule has 0 radical (unpaired) electrons. The number of rotatable bonds is 4. The summed E-state index contributed by atoms with van der Waals surface area (Å²) in [5.74, 6) is -0.383. The van der Waals surface area contributed by atoms with Gasteiger partial charge < -0.3 is 16.4 Å². The number of hydrogen-bond donors (Lipinski definition) is 3. The number of halogens is 2. The molecule has 0 spiro atoms. The van der Waals surface area contributed by atoms with Gasteiger partial charge in [0.2, 0.25) is 0 Å². The van der Waals surface area contributed by atoms with E-state index in [4.69, 9.17) is 5.73 Å². The number of anilines is 4. The zero-order valence-electron chi connectivity index (χ0n) is 14.0. The van der Waals surface area contributed by atoms with Crippen LogP contribution in [0.15, 0.2) is 60.7 Å². The molecule has 7 heteroatoms. The fraction of sp³-hybridized carbons (Fsp3) is 0.0526. The summed E-state index contributed by atoms with van der Waals surface area (Å²) in [4.78, 5) is 16.7. The van der Waals surface area contributed by atoms with Gasteiger partial charge in [-0.2, -0.15) is 0 Å². The average Bonchev–Trinajstić information content (AvgIpc) is 2.54. The molecule has 26 heavy (non-hydrogen) atoms. The van der Waals surface area contributed by atoms with Gasteiger partial charge in [-0.1, -0.05) is 18.2 Å². The minimum Gasteiger partial charge on any atom is -0.399 e. The molecule has 1 heterocycles. The van der Waals surface area contributed by atoms with Crippen molar-refractivity contribution >= 4 is 41.2 Å². The lowest BCUT2D eigenvalue weighted by Gasteiger charge is -2.10. The van der Waals surface area contributed by atoms with E-state index in [0.29, 0.717) is 22.9 Å². The number of nitrogens with one attached hydrogen (secondary N) is 2. The van der Waals surface area contributed by atoms with Gasteiger partial charge in [-0.25, -0.2) is 9.37 Å².